The molecule has 1 fully saturated rings. The lowest BCUT2D eigenvalue weighted by Gasteiger charge is -2.37. The van der Waals surface area contributed by atoms with Gasteiger partial charge in [-0.15, -0.1) is 0 Å². The summed E-state index contributed by atoms with van der Waals surface area (Å²) < 4.78 is 5.59. The topological polar surface area (TPSA) is 108 Å². The highest BCUT2D eigenvalue weighted by molar-refractivity contribution is 6.08. The van der Waals surface area contributed by atoms with Crippen molar-refractivity contribution >= 4 is 40.8 Å². The third kappa shape index (κ3) is 8.65. The standard InChI is InChI=1S/C35H48N4O5.CH4/c1-8-24-25(32(42)44-35(5,6)7)17-14-18-26(24)36-33(43)37-27-21-38(23-15-10-9-11-16-23)28-19-12-13-20-29(28)39(31(27)41)22-30(40)34(2,3)4;/h12-14,17-20,23,27H,8-11,15-16,21-22H2,1-7H3,(H2,36,37,43);1H4. The molecule has 45 heavy (non-hydrogen) atoms. The molecule has 2 aromatic carbocycles. The molecule has 2 aromatic rings. The Morgan fingerprint density at radius 2 is 1.56 bits per heavy atom. The van der Waals surface area contributed by atoms with Gasteiger partial charge in [0, 0.05) is 23.7 Å². The molecule has 4 rings (SSSR count). The summed E-state index contributed by atoms with van der Waals surface area (Å²) in [5, 5.41) is 5.82. The summed E-state index contributed by atoms with van der Waals surface area (Å²) in [4.78, 5) is 57.8. The van der Waals surface area contributed by atoms with Crippen molar-refractivity contribution in [1.29, 1.82) is 0 Å². The Morgan fingerprint density at radius 3 is 2.16 bits per heavy atom. The van der Waals surface area contributed by atoms with E-state index in [0.717, 1.165) is 31.4 Å². The zero-order valence-corrected chi connectivity index (χ0v) is 27.3. The van der Waals surface area contributed by atoms with Crippen molar-refractivity contribution in [1.82, 2.24) is 5.32 Å². The predicted octanol–water partition coefficient (Wildman–Crippen LogP) is 7.13. The minimum Gasteiger partial charge on any atom is -0.456 e. The fourth-order valence-corrected chi connectivity index (χ4v) is 5.93. The van der Waals surface area contributed by atoms with E-state index in [9.17, 15) is 19.2 Å². The molecule has 0 bridgehead atoms. The summed E-state index contributed by atoms with van der Waals surface area (Å²) >= 11 is 0. The van der Waals surface area contributed by atoms with Crippen LogP contribution in [0.25, 0.3) is 0 Å². The van der Waals surface area contributed by atoms with E-state index >= 15 is 0 Å². The number of benzene rings is 2. The SMILES string of the molecule is C.CCc1c(NC(=O)NC2CN(C3CCCCC3)c3ccccc3N(CC(=O)C(C)(C)C)C2=O)cccc1C(=O)OC(C)(C)C. The molecule has 0 spiro atoms. The van der Waals surface area contributed by atoms with E-state index in [-0.39, 0.29) is 38.2 Å². The average Bonchev–Trinajstić information content (AvgIpc) is 3.06. The number of nitrogens with one attached hydrogen (secondary N) is 2. The summed E-state index contributed by atoms with van der Waals surface area (Å²) in [7, 11) is 0. The minimum absolute atomic E-state index is 0. The molecular formula is C36H52N4O5. The Labute approximate surface area is 269 Å². The number of urea groups is 1. The number of fused-ring (bicyclic) bond motifs is 1. The van der Waals surface area contributed by atoms with E-state index in [1.54, 1.807) is 18.2 Å². The summed E-state index contributed by atoms with van der Waals surface area (Å²) in [5.41, 5.74) is 1.79. The van der Waals surface area contributed by atoms with Crippen LogP contribution in [0, 0.1) is 5.41 Å². The molecule has 1 unspecified atom stereocenters. The fraction of sp³-hybridized carbons (Fsp3) is 0.556. The molecule has 1 aliphatic carbocycles. The number of hydrogen-bond donors (Lipinski definition) is 2. The first kappa shape index (κ1) is 35.6. The third-order valence-corrected chi connectivity index (χ3v) is 8.28. The Morgan fingerprint density at radius 1 is 0.911 bits per heavy atom. The molecule has 246 valence electrons. The summed E-state index contributed by atoms with van der Waals surface area (Å²) in [6.07, 6.45) is 5.88. The van der Waals surface area contributed by atoms with E-state index in [1.807, 2.05) is 72.7 Å². The van der Waals surface area contributed by atoms with E-state index in [2.05, 4.69) is 15.5 Å². The summed E-state index contributed by atoms with van der Waals surface area (Å²) in [6, 6.07) is 11.6. The van der Waals surface area contributed by atoms with Crippen LogP contribution in [0.15, 0.2) is 42.5 Å². The highest BCUT2D eigenvalue weighted by Crippen LogP contribution is 2.37. The van der Waals surface area contributed by atoms with Crippen LogP contribution >= 0.6 is 0 Å². The van der Waals surface area contributed by atoms with Crippen LogP contribution in [0.5, 0.6) is 0 Å². The highest BCUT2D eigenvalue weighted by Gasteiger charge is 2.39. The van der Waals surface area contributed by atoms with Crippen LogP contribution in [0.4, 0.5) is 21.9 Å². The maximum absolute atomic E-state index is 14.2. The van der Waals surface area contributed by atoms with Gasteiger partial charge in [-0.1, -0.05) is 72.6 Å². The number of ether oxygens (including phenoxy) is 1. The highest BCUT2D eigenvalue weighted by atomic mass is 16.6. The van der Waals surface area contributed by atoms with Gasteiger partial charge >= 0.3 is 12.0 Å². The minimum atomic E-state index is -0.906. The van der Waals surface area contributed by atoms with Crippen molar-refractivity contribution in [3.05, 3.63) is 53.6 Å². The molecule has 9 heteroatoms. The second-order valence-corrected chi connectivity index (χ2v) is 13.9. The molecule has 0 saturated heterocycles. The number of anilines is 3. The van der Waals surface area contributed by atoms with Crippen molar-refractivity contribution in [2.45, 2.75) is 112 Å². The Balaban J connectivity index is 0.00000552. The molecule has 3 amide bonds. The first-order valence-corrected chi connectivity index (χ1v) is 15.8. The summed E-state index contributed by atoms with van der Waals surface area (Å²) in [5.74, 6) is -0.861. The molecule has 1 atom stereocenters. The zero-order chi connectivity index (χ0) is 32.2. The maximum Gasteiger partial charge on any atom is 0.339 e. The van der Waals surface area contributed by atoms with Crippen molar-refractivity contribution in [3.8, 4) is 0 Å². The van der Waals surface area contributed by atoms with Crippen molar-refractivity contribution in [2.75, 3.05) is 28.2 Å². The molecule has 1 saturated carbocycles. The number of para-hydroxylation sites is 2. The van der Waals surface area contributed by atoms with Crippen molar-refractivity contribution in [3.63, 3.8) is 0 Å². The van der Waals surface area contributed by atoms with Gasteiger partial charge in [0.25, 0.3) is 5.91 Å². The van der Waals surface area contributed by atoms with Crippen LogP contribution in [0.1, 0.15) is 104 Å². The predicted molar refractivity (Wildman–Crippen MR) is 181 cm³/mol. The molecule has 1 aliphatic heterocycles. The first-order chi connectivity index (χ1) is 20.7. The van der Waals surface area contributed by atoms with Crippen LogP contribution < -0.4 is 20.4 Å². The van der Waals surface area contributed by atoms with Gasteiger partial charge in [0.05, 0.1) is 23.5 Å². The smallest absolute Gasteiger partial charge is 0.339 e. The van der Waals surface area contributed by atoms with E-state index in [4.69, 9.17) is 4.74 Å². The molecule has 0 radical (unpaired) electrons. The number of carbonyl (C=O) groups excluding carboxylic acids is 4. The Bertz CT molecular complexity index is 1380. The van der Waals surface area contributed by atoms with Crippen LogP contribution in [0.3, 0.4) is 0 Å². The van der Waals surface area contributed by atoms with Gasteiger partial charge in [0.15, 0.2) is 5.78 Å². The van der Waals surface area contributed by atoms with Gasteiger partial charge in [-0.2, -0.15) is 0 Å². The molecule has 2 aliphatic rings. The zero-order valence-electron chi connectivity index (χ0n) is 27.3. The van der Waals surface area contributed by atoms with Crippen molar-refractivity contribution < 1.29 is 23.9 Å². The van der Waals surface area contributed by atoms with E-state index in [0.29, 0.717) is 28.9 Å². The maximum atomic E-state index is 14.2. The number of hydrogen-bond acceptors (Lipinski definition) is 6. The average molecular weight is 621 g/mol. The van der Waals surface area contributed by atoms with Gasteiger partial charge in [-0.3, -0.25) is 9.59 Å². The lowest BCUT2D eigenvalue weighted by atomic mass is 9.90. The van der Waals surface area contributed by atoms with E-state index in [1.165, 1.54) is 11.3 Å². The van der Waals surface area contributed by atoms with Crippen LogP contribution in [-0.4, -0.2) is 54.5 Å². The normalized spacial score (nSPS) is 17.5. The lowest BCUT2D eigenvalue weighted by Crippen LogP contribution is -2.55. The van der Waals surface area contributed by atoms with Crippen LogP contribution in [-0.2, 0) is 20.7 Å². The Kier molecular flexibility index (Phi) is 11.5. The first-order valence-electron chi connectivity index (χ1n) is 15.8. The molecule has 9 nitrogen and oxygen atoms in total. The van der Waals surface area contributed by atoms with Gasteiger partial charge in [0.1, 0.15) is 11.6 Å². The third-order valence-electron chi connectivity index (χ3n) is 8.28. The van der Waals surface area contributed by atoms with Crippen molar-refractivity contribution in [2.24, 2.45) is 5.41 Å². The van der Waals surface area contributed by atoms with E-state index < -0.39 is 29.1 Å². The van der Waals surface area contributed by atoms with Gasteiger partial charge in [-0.25, -0.2) is 9.59 Å². The molecule has 0 aromatic heterocycles. The number of carbonyl (C=O) groups is 4. The fourth-order valence-electron chi connectivity index (χ4n) is 5.93. The molecular weight excluding hydrogens is 568 g/mol. The Hall–Kier alpha value is -3.88. The largest absolute Gasteiger partial charge is 0.456 e. The molecule has 1 heterocycles. The summed E-state index contributed by atoms with van der Waals surface area (Å²) in [6.45, 7) is 13.1. The number of nitrogens with zero attached hydrogens (tertiary/aromatic N) is 2. The number of Topliss-reactive ketones (excluding diaryl/α,β-unsaturated/α-hetero) is 1. The van der Waals surface area contributed by atoms with Gasteiger partial charge < -0.3 is 25.2 Å². The number of esters is 1. The molecule has 2 N–H and O–H groups in total. The second kappa shape index (κ2) is 14.5. The monoisotopic (exact) mass is 620 g/mol. The lowest BCUT2D eigenvalue weighted by molar-refractivity contribution is -0.127. The second-order valence-electron chi connectivity index (χ2n) is 13.9. The quantitative estimate of drug-likeness (QED) is 0.319. The number of rotatable bonds is 7. The number of ketones is 1. The van der Waals surface area contributed by atoms with Crippen LogP contribution in [0.2, 0.25) is 0 Å². The number of amides is 3. The van der Waals surface area contributed by atoms with Gasteiger partial charge in [0.2, 0.25) is 0 Å². The van der Waals surface area contributed by atoms with Gasteiger partial charge in [-0.05, 0) is 69.9 Å².